The van der Waals surface area contributed by atoms with Gasteiger partial charge in [-0.15, -0.1) is 5.10 Å². The van der Waals surface area contributed by atoms with Gasteiger partial charge in [-0.25, -0.2) is 18.1 Å². The van der Waals surface area contributed by atoms with Crippen LogP contribution >= 0.6 is 0 Å². The molecule has 1 aromatic carbocycles. The summed E-state index contributed by atoms with van der Waals surface area (Å²) in [5, 5.41) is 3.48. The molecule has 0 saturated heterocycles. The molecule has 1 aliphatic rings. The Kier molecular flexibility index (Phi) is 5.43. The van der Waals surface area contributed by atoms with Crippen LogP contribution in [-0.2, 0) is 9.84 Å². The quantitative estimate of drug-likeness (QED) is 0.555. The highest BCUT2D eigenvalue weighted by molar-refractivity contribution is 7.91. The molecular formula is C21H19F3N4O4S. The average Bonchev–Trinajstić information content (AvgIpc) is 3.42. The number of nitrogens with two attached hydrogens (primary N) is 1. The van der Waals surface area contributed by atoms with E-state index >= 15 is 0 Å². The Morgan fingerprint density at radius 3 is 2.39 bits per heavy atom. The number of hydrogen-bond donors (Lipinski definition) is 1. The topological polar surface area (TPSA) is 117 Å². The Hall–Kier alpha value is -3.41. The summed E-state index contributed by atoms with van der Waals surface area (Å²) >= 11 is 0. The molecule has 1 amide bonds. The number of primary amides is 1. The van der Waals surface area contributed by atoms with Crippen molar-refractivity contribution in [2.45, 2.75) is 35.9 Å². The third-order valence-corrected chi connectivity index (χ3v) is 7.16. The monoisotopic (exact) mass is 480 g/mol. The number of halogens is 3. The van der Waals surface area contributed by atoms with Crippen LogP contribution in [0, 0.1) is 12.3 Å². The highest BCUT2D eigenvalue weighted by atomic mass is 32.2. The van der Waals surface area contributed by atoms with Gasteiger partial charge in [0, 0.05) is 12.3 Å². The predicted molar refractivity (Wildman–Crippen MR) is 110 cm³/mol. The smallest absolute Gasteiger partial charge is 0.397 e. The van der Waals surface area contributed by atoms with E-state index in [9.17, 15) is 26.4 Å². The number of carbonyl (C=O) groups excluding carboxylic acids is 1. The van der Waals surface area contributed by atoms with Gasteiger partial charge in [0.05, 0.1) is 10.5 Å². The van der Waals surface area contributed by atoms with Gasteiger partial charge in [0.25, 0.3) is 5.91 Å². The maximum atomic E-state index is 13.1. The van der Waals surface area contributed by atoms with Crippen LogP contribution in [0.15, 0.2) is 58.6 Å². The molecule has 174 valence electrons. The lowest BCUT2D eigenvalue weighted by Gasteiger charge is -2.18. The van der Waals surface area contributed by atoms with Crippen LogP contribution in [-0.4, -0.2) is 41.9 Å². The molecule has 2 aromatic heterocycles. The van der Waals surface area contributed by atoms with Gasteiger partial charge >= 0.3 is 6.18 Å². The fourth-order valence-electron chi connectivity index (χ4n) is 3.16. The maximum Gasteiger partial charge on any atom is 0.397 e. The van der Waals surface area contributed by atoms with E-state index in [2.05, 4.69) is 10.1 Å². The van der Waals surface area contributed by atoms with Gasteiger partial charge < -0.3 is 10.5 Å². The van der Waals surface area contributed by atoms with E-state index in [0.717, 1.165) is 10.2 Å². The molecule has 0 radical (unpaired) electrons. The number of aromatic nitrogens is 3. The fraction of sp³-hybridized carbons (Fsp3) is 0.286. The standard InChI is InChI=1S/C21H19F3N4O4S/c1-13-2-4-14(5-3-13)33(30,31)19-15(18(25)29)6-7-16(26-19)28-11-8-17(27-28)32-12-20(9-10-20)21(22,23)24/h2-8,11H,9-10,12H2,1H3,(H2,25,29). The first-order chi connectivity index (χ1) is 15.4. The van der Waals surface area contributed by atoms with Crippen LogP contribution in [0.1, 0.15) is 28.8 Å². The summed E-state index contributed by atoms with van der Waals surface area (Å²) in [6.45, 7) is 1.23. The molecule has 0 unspecified atom stereocenters. The van der Waals surface area contributed by atoms with Crippen LogP contribution in [0.5, 0.6) is 5.88 Å². The summed E-state index contributed by atoms with van der Waals surface area (Å²) in [6, 6.07) is 9.84. The largest absolute Gasteiger partial charge is 0.476 e. The first-order valence-electron chi connectivity index (χ1n) is 9.81. The van der Waals surface area contributed by atoms with E-state index in [1.807, 2.05) is 0 Å². The van der Waals surface area contributed by atoms with E-state index in [1.54, 1.807) is 19.1 Å². The van der Waals surface area contributed by atoms with Crippen LogP contribution < -0.4 is 10.5 Å². The van der Waals surface area contributed by atoms with E-state index in [0.29, 0.717) is 0 Å². The average molecular weight is 480 g/mol. The normalized spacial score (nSPS) is 15.3. The van der Waals surface area contributed by atoms with Crippen molar-refractivity contribution in [3.05, 3.63) is 59.8 Å². The minimum Gasteiger partial charge on any atom is -0.476 e. The number of nitrogens with zero attached hydrogens (tertiary/aromatic N) is 3. The highest BCUT2D eigenvalue weighted by Gasteiger charge is 2.64. The molecule has 4 rings (SSSR count). The zero-order valence-corrected chi connectivity index (χ0v) is 18.2. The lowest BCUT2D eigenvalue weighted by molar-refractivity contribution is -0.194. The zero-order chi connectivity index (χ0) is 24.0. The molecule has 0 atom stereocenters. The lowest BCUT2D eigenvalue weighted by atomic mass is 10.1. The number of benzene rings is 1. The molecule has 1 fully saturated rings. The van der Waals surface area contributed by atoms with Crippen molar-refractivity contribution in [3.8, 4) is 11.7 Å². The molecule has 1 aliphatic carbocycles. The number of hydrogen-bond acceptors (Lipinski definition) is 6. The number of carbonyl (C=O) groups is 1. The molecule has 12 heteroatoms. The van der Waals surface area contributed by atoms with Crippen molar-refractivity contribution in [1.29, 1.82) is 0 Å². The SMILES string of the molecule is Cc1ccc(S(=O)(=O)c2nc(-n3ccc(OCC4(C(F)(F)F)CC4)n3)ccc2C(N)=O)cc1. The first kappa shape index (κ1) is 22.8. The molecule has 0 bridgehead atoms. The van der Waals surface area contributed by atoms with Crippen molar-refractivity contribution in [1.82, 2.24) is 14.8 Å². The second kappa shape index (κ2) is 7.87. The van der Waals surface area contributed by atoms with E-state index < -0.39 is 39.0 Å². The summed E-state index contributed by atoms with van der Waals surface area (Å²) < 4.78 is 71.9. The summed E-state index contributed by atoms with van der Waals surface area (Å²) in [4.78, 5) is 15.9. The summed E-state index contributed by atoms with van der Waals surface area (Å²) in [5.74, 6) is -1.04. The van der Waals surface area contributed by atoms with Gasteiger partial charge in [-0.05, 0) is 44.0 Å². The van der Waals surface area contributed by atoms with Gasteiger partial charge in [-0.2, -0.15) is 13.2 Å². The summed E-state index contributed by atoms with van der Waals surface area (Å²) in [5.41, 5.74) is 4.04. The van der Waals surface area contributed by atoms with Crippen molar-refractivity contribution in [2.24, 2.45) is 11.1 Å². The van der Waals surface area contributed by atoms with Gasteiger partial charge in [0.1, 0.15) is 12.0 Å². The van der Waals surface area contributed by atoms with Gasteiger partial charge in [0.15, 0.2) is 10.8 Å². The second-order valence-electron chi connectivity index (χ2n) is 7.87. The highest BCUT2D eigenvalue weighted by Crippen LogP contribution is 2.57. The van der Waals surface area contributed by atoms with Gasteiger partial charge in [-0.1, -0.05) is 17.7 Å². The van der Waals surface area contributed by atoms with Crippen LogP contribution in [0.2, 0.25) is 0 Å². The minimum absolute atomic E-state index is 0.00638. The number of sulfone groups is 1. The van der Waals surface area contributed by atoms with Crippen LogP contribution in [0.25, 0.3) is 5.82 Å². The molecule has 0 aliphatic heterocycles. The predicted octanol–water partition coefficient (Wildman–Crippen LogP) is 3.23. The number of pyridine rings is 1. The van der Waals surface area contributed by atoms with Gasteiger partial charge in [-0.3, -0.25) is 4.79 Å². The third-order valence-electron chi connectivity index (χ3n) is 5.45. The first-order valence-corrected chi connectivity index (χ1v) is 11.3. The lowest BCUT2D eigenvalue weighted by Crippen LogP contribution is -2.30. The van der Waals surface area contributed by atoms with Crippen molar-refractivity contribution >= 4 is 15.7 Å². The number of ether oxygens (including phenoxy) is 1. The number of aryl methyl sites for hydroxylation is 1. The Balaban J connectivity index is 1.65. The van der Waals surface area contributed by atoms with Crippen molar-refractivity contribution in [3.63, 3.8) is 0 Å². The summed E-state index contributed by atoms with van der Waals surface area (Å²) in [7, 11) is -4.20. The summed E-state index contributed by atoms with van der Waals surface area (Å²) in [6.07, 6.45) is -3.01. The molecule has 8 nitrogen and oxygen atoms in total. The second-order valence-corrected chi connectivity index (χ2v) is 9.73. The Morgan fingerprint density at radius 2 is 1.82 bits per heavy atom. The minimum atomic E-state index is -4.36. The molecule has 0 spiro atoms. The Labute approximate surface area is 187 Å². The van der Waals surface area contributed by atoms with E-state index in [4.69, 9.17) is 10.5 Å². The molecule has 3 aromatic rings. The van der Waals surface area contributed by atoms with E-state index in [-0.39, 0.29) is 35.0 Å². The molecule has 33 heavy (non-hydrogen) atoms. The molecule has 2 N–H and O–H groups in total. The molecule has 2 heterocycles. The number of amides is 1. The van der Waals surface area contributed by atoms with Crippen molar-refractivity contribution in [2.75, 3.05) is 6.61 Å². The van der Waals surface area contributed by atoms with E-state index in [1.165, 1.54) is 36.5 Å². The Bertz CT molecular complexity index is 1310. The zero-order valence-electron chi connectivity index (χ0n) is 17.3. The fourth-order valence-corrected chi connectivity index (χ4v) is 4.55. The van der Waals surface area contributed by atoms with Gasteiger partial charge in [0.2, 0.25) is 15.7 Å². The van der Waals surface area contributed by atoms with Crippen LogP contribution in [0.4, 0.5) is 13.2 Å². The molecule has 1 saturated carbocycles. The maximum absolute atomic E-state index is 13.1. The Morgan fingerprint density at radius 1 is 1.15 bits per heavy atom. The van der Waals surface area contributed by atoms with Crippen molar-refractivity contribution < 1.29 is 31.1 Å². The number of rotatable bonds is 7. The van der Waals surface area contributed by atoms with Crippen LogP contribution in [0.3, 0.4) is 0 Å². The number of alkyl halides is 3. The molecular weight excluding hydrogens is 461 g/mol. The third kappa shape index (κ3) is 4.30.